The van der Waals surface area contributed by atoms with E-state index in [1.54, 1.807) is 0 Å². The van der Waals surface area contributed by atoms with Crippen molar-refractivity contribution in [3.63, 3.8) is 0 Å². The molecule has 30 heavy (non-hydrogen) atoms. The van der Waals surface area contributed by atoms with Crippen LogP contribution >= 0.6 is 0 Å². The van der Waals surface area contributed by atoms with Crippen LogP contribution in [0.2, 0.25) is 0 Å². The summed E-state index contributed by atoms with van der Waals surface area (Å²) in [5.74, 6) is -2.68. The molecule has 0 bridgehead atoms. The minimum Gasteiger partial charge on any atom is -0.459 e. The van der Waals surface area contributed by atoms with Crippen molar-refractivity contribution in [1.82, 2.24) is 15.1 Å². The summed E-state index contributed by atoms with van der Waals surface area (Å²) in [5.41, 5.74) is 0. The van der Waals surface area contributed by atoms with Gasteiger partial charge in [-0.2, -0.15) is 0 Å². The van der Waals surface area contributed by atoms with Gasteiger partial charge in [0.2, 0.25) is 21.1 Å². The molecule has 3 rings (SSSR count). The summed E-state index contributed by atoms with van der Waals surface area (Å²) < 4.78 is 44.5. The van der Waals surface area contributed by atoms with Gasteiger partial charge < -0.3 is 19.5 Å². The lowest BCUT2D eigenvalue weighted by Gasteiger charge is -2.35. The van der Waals surface area contributed by atoms with Crippen molar-refractivity contribution < 1.29 is 31.6 Å². The van der Waals surface area contributed by atoms with Crippen LogP contribution < -0.4 is 5.32 Å². The number of halogens is 1. The first-order valence-electron chi connectivity index (χ1n) is 9.08. The van der Waals surface area contributed by atoms with Crippen LogP contribution in [0.3, 0.4) is 0 Å². The second-order valence-electron chi connectivity index (χ2n) is 6.66. The lowest BCUT2D eigenvalue weighted by atomic mass is 10.3. The number of sulfone groups is 1. The molecule has 1 fully saturated rings. The number of piperazine rings is 1. The number of benzene rings is 1. The molecule has 2 aromatic rings. The molecule has 9 nitrogen and oxygen atoms in total. The van der Waals surface area contributed by atoms with Gasteiger partial charge in [-0.1, -0.05) is 0 Å². The van der Waals surface area contributed by atoms with Crippen LogP contribution in [0.1, 0.15) is 17.5 Å². The SMILES string of the molecule is CC(=O)N1CCN(C(=O)[C@@H](NC(=O)c2ccco2)S(=O)(=O)c2ccc(F)cc2)CC1. The lowest BCUT2D eigenvalue weighted by Crippen LogP contribution is -2.57. The Bertz CT molecular complexity index is 1030. The number of carbonyl (C=O) groups excluding carboxylic acids is 3. The van der Waals surface area contributed by atoms with E-state index in [4.69, 9.17) is 4.42 Å². The van der Waals surface area contributed by atoms with Crippen LogP contribution in [0.15, 0.2) is 52.0 Å². The van der Waals surface area contributed by atoms with Gasteiger partial charge in [0, 0.05) is 33.1 Å². The number of nitrogens with zero attached hydrogens (tertiary/aromatic N) is 2. The summed E-state index contributed by atoms with van der Waals surface area (Å²) in [7, 11) is -4.39. The molecule has 1 aliphatic heterocycles. The number of hydrogen-bond donors (Lipinski definition) is 1. The van der Waals surface area contributed by atoms with E-state index in [0.717, 1.165) is 24.3 Å². The van der Waals surface area contributed by atoms with Gasteiger partial charge in [0.25, 0.3) is 11.8 Å². The molecular weight excluding hydrogens is 417 g/mol. The highest BCUT2D eigenvalue weighted by Gasteiger charge is 2.39. The highest BCUT2D eigenvalue weighted by Crippen LogP contribution is 2.19. The Morgan fingerprint density at radius 2 is 1.63 bits per heavy atom. The summed E-state index contributed by atoms with van der Waals surface area (Å²) in [6.45, 7) is 2.13. The Hall–Kier alpha value is -3.21. The fraction of sp³-hybridized carbons (Fsp3) is 0.316. The molecule has 0 aliphatic carbocycles. The van der Waals surface area contributed by atoms with Crippen LogP contribution in [-0.2, 0) is 19.4 Å². The molecule has 160 valence electrons. The molecule has 1 saturated heterocycles. The van der Waals surface area contributed by atoms with Crippen molar-refractivity contribution in [3.05, 3.63) is 54.2 Å². The second-order valence-corrected chi connectivity index (χ2v) is 8.69. The third-order valence-corrected chi connectivity index (χ3v) is 6.59. The van der Waals surface area contributed by atoms with Crippen molar-refractivity contribution in [2.75, 3.05) is 26.2 Å². The molecule has 0 spiro atoms. The summed E-state index contributed by atoms with van der Waals surface area (Å²) in [6.07, 6.45) is 1.24. The van der Waals surface area contributed by atoms with Gasteiger partial charge in [-0.15, -0.1) is 0 Å². The molecule has 3 amide bonds. The van der Waals surface area contributed by atoms with Crippen molar-refractivity contribution in [1.29, 1.82) is 0 Å². The summed E-state index contributed by atoms with van der Waals surface area (Å²) >= 11 is 0. The first-order chi connectivity index (χ1) is 14.2. The maximum Gasteiger partial charge on any atom is 0.288 e. The molecule has 1 N–H and O–H groups in total. The van der Waals surface area contributed by atoms with Gasteiger partial charge in [-0.25, -0.2) is 12.8 Å². The summed E-state index contributed by atoms with van der Waals surface area (Å²) in [5, 5.41) is 0.277. The molecule has 1 atom stereocenters. The van der Waals surface area contributed by atoms with E-state index >= 15 is 0 Å². The van der Waals surface area contributed by atoms with Crippen LogP contribution in [0.4, 0.5) is 4.39 Å². The van der Waals surface area contributed by atoms with Crippen molar-refractivity contribution in [2.45, 2.75) is 17.2 Å². The zero-order valence-electron chi connectivity index (χ0n) is 16.1. The Balaban J connectivity index is 1.89. The van der Waals surface area contributed by atoms with E-state index in [1.807, 2.05) is 0 Å². The van der Waals surface area contributed by atoms with E-state index in [-0.39, 0.29) is 42.7 Å². The molecule has 0 saturated carbocycles. The first-order valence-corrected chi connectivity index (χ1v) is 10.6. The zero-order valence-corrected chi connectivity index (χ0v) is 16.9. The highest BCUT2D eigenvalue weighted by molar-refractivity contribution is 7.92. The third kappa shape index (κ3) is 4.51. The van der Waals surface area contributed by atoms with Crippen LogP contribution in [0.25, 0.3) is 0 Å². The molecule has 0 radical (unpaired) electrons. The van der Waals surface area contributed by atoms with Gasteiger partial charge in [0.15, 0.2) is 5.76 Å². The maximum absolute atomic E-state index is 13.2. The molecule has 1 aliphatic rings. The number of hydrogen-bond acceptors (Lipinski definition) is 6. The normalized spacial score (nSPS) is 15.5. The monoisotopic (exact) mass is 437 g/mol. The smallest absolute Gasteiger partial charge is 0.288 e. The third-order valence-electron chi connectivity index (χ3n) is 4.72. The Morgan fingerprint density at radius 1 is 1.03 bits per heavy atom. The minimum absolute atomic E-state index is 0.116. The highest BCUT2D eigenvalue weighted by atomic mass is 32.2. The van der Waals surface area contributed by atoms with E-state index in [2.05, 4.69) is 5.32 Å². The predicted octanol–water partition coefficient (Wildman–Crippen LogP) is 0.639. The maximum atomic E-state index is 13.2. The molecule has 1 aromatic carbocycles. The van der Waals surface area contributed by atoms with E-state index in [1.165, 1.54) is 35.1 Å². The summed E-state index contributed by atoms with van der Waals surface area (Å²) in [6, 6.07) is 6.73. The molecule has 2 heterocycles. The Kier molecular flexibility index (Phi) is 6.20. The van der Waals surface area contributed by atoms with E-state index in [9.17, 15) is 27.2 Å². The molecule has 11 heteroatoms. The van der Waals surface area contributed by atoms with Gasteiger partial charge in [0.1, 0.15) is 5.82 Å². The zero-order chi connectivity index (χ0) is 21.9. The topological polar surface area (TPSA) is 117 Å². The quantitative estimate of drug-likeness (QED) is 0.686. The van der Waals surface area contributed by atoms with E-state index in [0.29, 0.717) is 0 Å². The number of furan rings is 1. The van der Waals surface area contributed by atoms with Gasteiger partial charge in [0.05, 0.1) is 11.2 Å². The van der Waals surface area contributed by atoms with Gasteiger partial charge >= 0.3 is 0 Å². The standard InChI is InChI=1S/C19H20FN3O6S/c1-13(24)22-8-10-23(11-9-22)19(26)18(21-17(25)16-3-2-12-29-16)30(27,28)15-6-4-14(20)5-7-15/h2-7,12,18H,8-11H2,1H3,(H,21,25)/t18-/m0/s1. The van der Waals surface area contributed by atoms with E-state index < -0.39 is 32.8 Å². The number of nitrogens with one attached hydrogen (secondary N) is 1. The number of amides is 3. The minimum atomic E-state index is -4.39. The summed E-state index contributed by atoms with van der Waals surface area (Å²) in [4.78, 5) is 39.5. The molecule has 0 unspecified atom stereocenters. The fourth-order valence-electron chi connectivity index (χ4n) is 3.04. The average Bonchev–Trinajstić information content (AvgIpc) is 3.26. The van der Waals surface area contributed by atoms with Crippen molar-refractivity contribution in [3.8, 4) is 0 Å². The van der Waals surface area contributed by atoms with Crippen molar-refractivity contribution in [2.24, 2.45) is 0 Å². The molecule has 1 aromatic heterocycles. The van der Waals surface area contributed by atoms with Crippen LogP contribution in [0, 0.1) is 5.82 Å². The Morgan fingerprint density at radius 3 is 2.17 bits per heavy atom. The van der Waals surface area contributed by atoms with Crippen LogP contribution in [0.5, 0.6) is 0 Å². The average molecular weight is 437 g/mol. The first kappa shape index (κ1) is 21.5. The number of carbonyl (C=O) groups is 3. The second kappa shape index (κ2) is 8.66. The lowest BCUT2D eigenvalue weighted by molar-refractivity contribution is -0.138. The fourth-order valence-corrected chi connectivity index (χ4v) is 4.50. The van der Waals surface area contributed by atoms with Crippen LogP contribution in [-0.4, -0.2) is 67.5 Å². The van der Waals surface area contributed by atoms with Gasteiger partial charge in [-0.3, -0.25) is 14.4 Å². The molecular formula is C19H20FN3O6S. The van der Waals surface area contributed by atoms with Gasteiger partial charge in [-0.05, 0) is 36.4 Å². The van der Waals surface area contributed by atoms with Crippen molar-refractivity contribution >= 4 is 27.6 Å². The predicted molar refractivity (Wildman–Crippen MR) is 102 cm³/mol. The Labute approximate surface area is 172 Å². The largest absolute Gasteiger partial charge is 0.459 e. The number of rotatable bonds is 5.